The van der Waals surface area contributed by atoms with Gasteiger partial charge in [-0.1, -0.05) is 6.42 Å². The van der Waals surface area contributed by atoms with Gasteiger partial charge in [-0.25, -0.2) is 4.98 Å². The minimum Gasteiger partial charge on any atom is -0.504 e. The molecule has 0 spiro atoms. The molecular weight excluding hydrogens is 463 g/mol. The smallest absolute Gasteiger partial charge is 0.260 e. The van der Waals surface area contributed by atoms with Crippen LogP contribution in [-0.2, 0) is 12.8 Å². The molecule has 26 heavy (non-hydrogen) atoms. The molecule has 0 saturated carbocycles. The van der Waals surface area contributed by atoms with E-state index in [0.717, 1.165) is 35.0 Å². The molecule has 0 radical (unpaired) electrons. The third-order valence-electron chi connectivity index (χ3n) is 4.68. The average molecular weight is 482 g/mol. The molecule has 7 heteroatoms. The highest BCUT2D eigenvalue weighted by atomic mass is 127. The third-order valence-corrected chi connectivity index (χ3v) is 6.68. The van der Waals surface area contributed by atoms with E-state index in [-0.39, 0.29) is 11.3 Å². The highest BCUT2D eigenvalue weighted by molar-refractivity contribution is 14.1. The van der Waals surface area contributed by atoms with Gasteiger partial charge >= 0.3 is 0 Å². The molecular formula is C19H19IN2O3S. The standard InChI is InChI=1S/C19H19IN2O3S/c1-2-25-13-9-10(8-12(20)16(13)23)17-21-18(24)15-11-6-4-3-5-7-14(11)26-19(15)22-17/h8-9,23H,2-7H2,1H3,(H,21,22,24). The Labute approximate surface area is 168 Å². The number of nitrogens with one attached hydrogen (secondary N) is 1. The maximum absolute atomic E-state index is 12.8. The number of aryl methyl sites for hydroxylation is 2. The molecule has 0 unspecified atom stereocenters. The van der Waals surface area contributed by atoms with Crippen LogP contribution >= 0.6 is 33.9 Å². The Bertz CT molecular complexity index is 1040. The number of ether oxygens (including phenoxy) is 1. The Morgan fingerprint density at radius 1 is 1.31 bits per heavy atom. The van der Waals surface area contributed by atoms with Crippen LogP contribution in [-0.4, -0.2) is 21.7 Å². The van der Waals surface area contributed by atoms with Gasteiger partial charge in [-0.05, 0) is 72.9 Å². The topological polar surface area (TPSA) is 75.2 Å². The van der Waals surface area contributed by atoms with E-state index in [4.69, 9.17) is 9.72 Å². The molecule has 136 valence electrons. The number of hydrogen-bond donors (Lipinski definition) is 2. The number of fused-ring (bicyclic) bond motifs is 3. The lowest BCUT2D eigenvalue weighted by Crippen LogP contribution is -2.10. The predicted molar refractivity (Wildman–Crippen MR) is 112 cm³/mol. The van der Waals surface area contributed by atoms with Crippen LogP contribution in [0.15, 0.2) is 16.9 Å². The predicted octanol–water partition coefficient (Wildman–Crippen LogP) is 4.63. The van der Waals surface area contributed by atoms with Crippen LogP contribution in [0, 0.1) is 3.57 Å². The van der Waals surface area contributed by atoms with Crippen molar-refractivity contribution in [3.05, 3.63) is 36.5 Å². The van der Waals surface area contributed by atoms with E-state index in [1.54, 1.807) is 23.5 Å². The van der Waals surface area contributed by atoms with E-state index in [2.05, 4.69) is 27.6 Å². The van der Waals surface area contributed by atoms with Gasteiger partial charge in [-0.3, -0.25) is 4.79 Å². The summed E-state index contributed by atoms with van der Waals surface area (Å²) in [5.41, 5.74) is 1.85. The van der Waals surface area contributed by atoms with Crippen LogP contribution in [0.3, 0.4) is 0 Å². The van der Waals surface area contributed by atoms with E-state index in [0.29, 0.717) is 21.8 Å². The van der Waals surface area contributed by atoms with Gasteiger partial charge < -0.3 is 14.8 Å². The summed E-state index contributed by atoms with van der Waals surface area (Å²) >= 11 is 3.70. The minimum atomic E-state index is -0.0783. The molecule has 0 saturated heterocycles. The Hall–Kier alpha value is -1.61. The van der Waals surface area contributed by atoms with E-state index in [1.165, 1.54) is 23.3 Å². The molecule has 4 rings (SSSR count). The average Bonchev–Trinajstić information content (AvgIpc) is 2.81. The molecule has 0 atom stereocenters. The first-order chi connectivity index (χ1) is 12.6. The van der Waals surface area contributed by atoms with Gasteiger partial charge in [0.1, 0.15) is 10.7 Å². The third kappa shape index (κ3) is 3.11. The van der Waals surface area contributed by atoms with E-state index < -0.39 is 0 Å². The number of aromatic nitrogens is 2. The zero-order chi connectivity index (χ0) is 18.3. The molecule has 0 bridgehead atoms. The van der Waals surface area contributed by atoms with Gasteiger partial charge in [-0.15, -0.1) is 11.3 Å². The second-order valence-corrected chi connectivity index (χ2v) is 8.64. The fourth-order valence-corrected chi connectivity index (χ4v) is 5.32. The summed E-state index contributed by atoms with van der Waals surface area (Å²) in [6, 6.07) is 3.53. The van der Waals surface area contributed by atoms with Crippen LogP contribution in [0.4, 0.5) is 0 Å². The molecule has 5 nitrogen and oxygen atoms in total. The summed E-state index contributed by atoms with van der Waals surface area (Å²) < 4.78 is 6.17. The number of rotatable bonds is 3. The van der Waals surface area contributed by atoms with E-state index in [1.807, 2.05) is 6.92 Å². The van der Waals surface area contributed by atoms with Gasteiger partial charge in [0, 0.05) is 10.4 Å². The van der Waals surface area contributed by atoms with Crippen molar-refractivity contribution >= 4 is 44.1 Å². The van der Waals surface area contributed by atoms with Crippen LogP contribution in [0.25, 0.3) is 21.6 Å². The fourth-order valence-electron chi connectivity index (χ4n) is 3.45. The molecule has 1 aliphatic rings. The molecule has 2 heterocycles. The van der Waals surface area contributed by atoms with Crippen LogP contribution in [0.1, 0.15) is 36.6 Å². The Kier molecular flexibility index (Phi) is 4.92. The molecule has 2 N–H and O–H groups in total. The summed E-state index contributed by atoms with van der Waals surface area (Å²) in [7, 11) is 0. The van der Waals surface area contributed by atoms with Gasteiger partial charge in [0.15, 0.2) is 11.5 Å². The lowest BCUT2D eigenvalue weighted by atomic mass is 10.1. The van der Waals surface area contributed by atoms with Gasteiger partial charge in [0.25, 0.3) is 5.56 Å². The maximum Gasteiger partial charge on any atom is 0.260 e. The van der Waals surface area contributed by atoms with Crippen molar-refractivity contribution in [2.75, 3.05) is 6.61 Å². The summed E-state index contributed by atoms with van der Waals surface area (Å²) in [5, 5.41) is 10.9. The number of thiophene rings is 1. The molecule has 1 aliphatic carbocycles. The maximum atomic E-state index is 12.8. The van der Waals surface area contributed by atoms with Crippen LogP contribution in [0.5, 0.6) is 11.5 Å². The van der Waals surface area contributed by atoms with Crippen LogP contribution < -0.4 is 10.3 Å². The number of aromatic amines is 1. The normalized spacial score (nSPS) is 14.2. The van der Waals surface area contributed by atoms with Crippen LogP contribution in [0.2, 0.25) is 0 Å². The second kappa shape index (κ2) is 7.19. The van der Waals surface area contributed by atoms with Crippen molar-refractivity contribution in [1.29, 1.82) is 0 Å². The van der Waals surface area contributed by atoms with Gasteiger partial charge in [-0.2, -0.15) is 0 Å². The van der Waals surface area contributed by atoms with Crippen molar-refractivity contribution in [2.24, 2.45) is 0 Å². The highest BCUT2D eigenvalue weighted by Crippen LogP contribution is 2.37. The number of phenolic OH excluding ortho intramolecular Hbond substituents is 1. The number of nitrogens with zero attached hydrogens (tertiary/aromatic N) is 1. The largest absolute Gasteiger partial charge is 0.504 e. The fraction of sp³-hybridized carbons (Fsp3) is 0.368. The molecule has 0 fully saturated rings. The molecule has 0 amide bonds. The summed E-state index contributed by atoms with van der Waals surface area (Å²) in [6.45, 7) is 2.32. The molecule has 2 aromatic heterocycles. The Balaban J connectivity index is 1.87. The van der Waals surface area contributed by atoms with Crippen molar-refractivity contribution in [3.8, 4) is 22.9 Å². The Morgan fingerprint density at radius 3 is 2.92 bits per heavy atom. The number of aromatic hydroxyl groups is 1. The Morgan fingerprint density at radius 2 is 2.12 bits per heavy atom. The minimum absolute atomic E-state index is 0.0783. The molecule has 3 aromatic rings. The number of halogens is 1. The number of benzene rings is 1. The monoisotopic (exact) mass is 482 g/mol. The van der Waals surface area contributed by atoms with Crippen molar-refractivity contribution < 1.29 is 9.84 Å². The van der Waals surface area contributed by atoms with Gasteiger partial charge in [0.2, 0.25) is 0 Å². The van der Waals surface area contributed by atoms with E-state index >= 15 is 0 Å². The van der Waals surface area contributed by atoms with Gasteiger partial charge in [0.05, 0.1) is 15.6 Å². The highest BCUT2D eigenvalue weighted by Gasteiger charge is 2.20. The first-order valence-corrected chi connectivity index (χ1v) is 10.7. The molecule has 1 aromatic carbocycles. The van der Waals surface area contributed by atoms with Crippen molar-refractivity contribution in [3.63, 3.8) is 0 Å². The number of H-pyrrole nitrogens is 1. The first kappa shape index (κ1) is 17.8. The lowest BCUT2D eigenvalue weighted by Gasteiger charge is -2.10. The first-order valence-electron chi connectivity index (χ1n) is 8.78. The zero-order valence-corrected chi connectivity index (χ0v) is 17.4. The van der Waals surface area contributed by atoms with E-state index in [9.17, 15) is 9.90 Å². The molecule has 0 aliphatic heterocycles. The SMILES string of the molecule is CCOc1cc(-c2nc3sc4c(c3c(=O)[nH]2)CCCCC4)cc(I)c1O. The second-order valence-electron chi connectivity index (χ2n) is 6.40. The number of hydrogen-bond acceptors (Lipinski definition) is 5. The zero-order valence-electron chi connectivity index (χ0n) is 14.4. The summed E-state index contributed by atoms with van der Waals surface area (Å²) in [4.78, 5) is 22.6. The number of phenols is 1. The van der Waals surface area contributed by atoms with Crippen molar-refractivity contribution in [1.82, 2.24) is 9.97 Å². The quantitative estimate of drug-likeness (QED) is 0.422. The summed E-state index contributed by atoms with van der Waals surface area (Å²) in [5.74, 6) is 1.03. The lowest BCUT2D eigenvalue weighted by molar-refractivity contribution is 0.317. The van der Waals surface area contributed by atoms with Crippen molar-refractivity contribution in [2.45, 2.75) is 39.0 Å². The summed E-state index contributed by atoms with van der Waals surface area (Å²) in [6.07, 6.45) is 5.53.